The highest BCUT2D eigenvalue weighted by Gasteiger charge is 2.58. The summed E-state index contributed by atoms with van der Waals surface area (Å²) in [6.45, 7) is 6.26. The van der Waals surface area contributed by atoms with E-state index in [2.05, 4.69) is 29.8 Å². The fourth-order valence-electron chi connectivity index (χ4n) is 6.57. The second-order valence-electron chi connectivity index (χ2n) is 10.6. The topological polar surface area (TPSA) is 51.2 Å². The first kappa shape index (κ1) is 23.0. The molecule has 1 aliphatic carbocycles. The van der Waals surface area contributed by atoms with E-state index >= 15 is 0 Å². The highest BCUT2D eigenvalue weighted by atomic mass is 16.6. The van der Waals surface area contributed by atoms with E-state index in [-0.39, 0.29) is 23.6 Å². The van der Waals surface area contributed by atoms with E-state index in [1.807, 2.05) is 45.3 Å². The number of anilines is 1. The van der Waals surface area contributed by atoms with E-state index in [0.29, 0.717) is 17.9 Å². The molecule has 2 aliphatic heterocycles. The summed E-state index contributed by atoms with van der Waals surface area (Å²) in [5.41, 5.74) is 5.35. The van der Waals surface area contributed by atoms with Gasteiger partial charge in [0.05, 0.1) is 12.7 Å². The fraction of sp³-hybridized carbons (Fsp3) is 0.536. The number of esters is 1. The second-order valence-corrected chi connectivity index (χ2v) is 10.6. The number of rotatable bonds is 4. The minimum Gasteiger partial charge on any atom is -0.493 e. The van der Waals surface area contributed by atoms with E-state index in [9.17, 15) is 4.79 Å². The largest absolute Gasteiger partial charge is 0.493 e. The number of hydrogen-bond donors (Lipinski definition) is 0. The lowest BCUT2D eigenvalue weighted by Crippen LogP contribution is -2.52. The lowest BCUT2D eigenvalue weighted by molar-refractivity contribution is -0.0378. The summed E-state index contributed by atoms with van der Waals surface area (Å²) in [6.07, 6.45) is 2.38. The third kappa shape index (κ3) is 3.54. The minimum atomic E-state index is -0.254. The van der Waals surface area contributed by atoms with Crippen LogP contribution in [0.1, 0.15) is 53.2 Å². The highest BCUT2D eigenvalue weighted by molar-refractivity contribution is 5.90. The lowest BCUT2D eigenvalue weighted by atomic mass is 9.59. The smallest absolute Gasteiger partial charge is 0.338 e. The van der Waals surface area contributed by atoms with Crippen molar-refractivity contribution >= 4 is 11.7 Å². The number of hydrogen-bond acceptors (Lipinski definition) is 6. The molecule has 0 amide bonds. The van der Waals surface area contributed by atoms with Crippen molar-refractivity contribution in [1.29, 1.82) is 0 Å². The summed E-state index contributed by atoms with van der Waals surface area (Å²) >= 11 is 0. The zero-order valence-corrected chi connectivity index (χ0v) is 21.2. The Bertz CT molecular complexity index is 1110. The van der Waals surface area contributed by atoms with Gasteiger partial charge in [-0.15, -0.1) is 0 Å². The molecule has 2 aromatic rings. The Morgan fingerprint density at radius 3 is 2.71 bits per heavy atom. The number of benzene rings is 2. The van der Waals surface area contributed by atoms with Crippen LogP contribution in [0.2, 0.25) is 0 Å². The molecule has 0 N–H and O–H groups in total. The second kappa shape index (κ2) is 8.49. The number of methoxy groups -OCH3 is 1. The Kier molecular flexibility index (Phi) is 5.75. The van der Waals surface area contributed by atoms with Crippen LogP contribution in [0.3, 0.4) is 0 Å². The zero-order chi connectivity index (χ0) is 24.2. The molecule has 0 radical (unpaired) electrons. The summed E-state index contributed by atoms with van der Waals surface area (Å²) in [6, 6.07) is 9.99. The first-order chi connectivity index (χ1) is 16.2. The Morgan fingerprint density at radius 2 is 2.00 bits per heavy atom. The first-order valence-electron chi connectivity index (χ1n) is 12.3. The Hall–Kier alpha value is -2.73. The van der Waals surface area contributed by atoms with Crippen LogP contribution in [-0.2, 0) is 16.7 Å². The summed E-state index contributed by atoms with van der Waals surface area (Å²) in [4.78, 5) is 17.5. The first-order valence-corrected chi connectivity index (χ1v) is 12.3. The van der Waals surface area contributed by atoms with Gasteiger partial charge in [0.1, 0.15) is 12.2 Å². The average Bonchev–Trinajstić information content (AvgIpc) is 3.05. The average molecular weight is 465 g/mol. The predicted octanol–water partition coefficient (Wildman–Crippen LogP) is 4.56. The minimum absolute atomic E-state index is 0.0246. The van der Waals surface area contributed by atoms with E-state index in [1.54, 1.807) is 7.11 Å². The molecule has 0 bridgehead atoms. The fourth-order valence-corrected chi connectivity index (χ4v) is 6.57. The van der Waals surface area contributed by atoms with Gasteiger partial charge in [0.25, 0.3) is 0 Å². The van der Waals surface area contributed by atoms with Gasteiger partial charge in [-0.2, -0.15) is 0 Å². The summed E-state index contributed by atoms with van der Waals surface area (Å²) in [5, 5.41) is 0. The van der Waals surface area contributed by atoms with Gasteiger partial charge in [-0.25, -0.2) is 4.79 Å². The van der Waals surface area contributed by atoms with Gasteiger partial charge in [0.15, 0.2) is 11.5 Å². The molecule has 2 aromatic carbocycles. The number of aryl methyl sites for hydroxylation is 1. The van der Waals surface area contributed by atoms with Crippen molar-refractivity contribution in [2.75, 3.05) is 39.7 Å². The summed E-state index contributed by atoms with van der Waals surface area (Å²) in [7, 11) is 7.90. The molecule has 2 heterocycles. The molecule has 5 rings (SSSR count). The molecule has 182 valence electrons. The van der Waals surface area contributed by atoms with Crippen molar-refractivity contribution in [3.05, 3.63) is 52.6 Å². The monoisotopic (exact) mass is 464 g/mol. The van der Waals surface area contributed by atoms with Crippen molar-refractivity contribution in [3.63, 3.8) is 0 Å². The van der Waals surface area contributed by atoms with Crippen LogP contribution in [0.15, 0.2) is 30.3 Å². The number of ether oxygens (including phenoxy) is 3. The SMILES string of the molecule is COc1ccc2c3c1OC1C[C@@H](OC(=O)c4ccc(N(C)C)c(C)c4)CC(C)[C@@]31CCN(C)C2. The van der Waals surface area contributed by atoms with Gasteiger partial charge in [0, 0.05) is 43.7 Å². The third-order valence-electron chi connectivity index (χ3n) is 8.24. The van der Waals surface area contributed by atoms with Gasteiger partial charge < -0.3 is 24.0 Å². The van der Waals surface area contributed by atoms with Crippen LogP contribution in [0.4, 0.5) is 5.69 Å². The molecular formula is C28H36N2O4. The molecule has 2 unspecified atom stereocenters. The van der Waals surface area contributed by atoms with Crippen LogP contribution >= 0.6 is 0 Å². The maximum absolute atomic E-state index is 13.1. The lowest BCUT2D eigenvalue weighted by Gasteiger charge is -2.46. The van der Waals surface area contributed by atoms with E-state index in [1.165, 1.54) is 11.1 Å². The van der Waals surface area contributed by atoms with Crippen molar-refractivity contribution in [1.82, 2.24) is 4.90 Å². The molecular weight excluding hydrogens is 428 g/mol. The summed E-state index contributed by atoms with van der Waals surface area (Å²) < 4.78 is 18.4. The zero-order valence-electron chi connectivity index (χ0n) is 21.2. The molecule has 4 atom stereocenters. The Balaban J connectivity index is 1.41. The predicted molar refractivity (Wildman–Crippen MR) is 133 cm³/mol. The maximum Gasteiger partial charge on any atom is 0.338 e. The van der Waals surface area contributed by atoms with Crippen LogP contribution in [0.5, 0.6) is 11.5 Å². The van der Waals surface area contributed by atoms with Crippen molar-refractivity contribution in [3.8, 4) is 11.5 Å². The molecule has 1 fully saturated rings. The third-order valence-corrected chi connectivity index (χ3v) is 8.24. The van der Waals surface area contributed by atoms with E-state index in [4.69, 9.17) is 14.2 Å². The Morgan fingerprint density at radius 1 is 1.21 bits per heavy atom. The normalized spacial score (nSPS) is 27.8. The van der Waals surface area contributed by atoms with Crippen molar-refractivity contribution < 1.29 is 19.0 Å². The van der Waals surface area contributed by atoms with Crippen LogP contribution in [0, 0.1) is 12.8 Å². The molecule has 1 saturated carbocycles. The quantitative estimate of drug-likeness (QED) is 0.619. The van der Waals surface area contributed by atoms with Gasteiger partial charge in [-0.05, 0) is 74.7 Å². The molecule has 0 saturated heterocycles. The molecule has 6 heteroatoms. The molecule has 34 heavy (non-hydrogen) atoms. The van der Waals surface area contributed by atoms with Crippen molar-refractivity contribution in [2.24, 2.45) is 5.92 Å². The van der Waals surface area contributed by atoms with Gasteiger partial charge in [0.2, 0.25) is 0 Å². The molecule has 3 aliphatic rings. The maximum atomic E-state index is 13.1. The number of carbonyl (C=O) groups is 1. The van der Waals surface area contributed by atoms with Crippen LogP contribution < -0.4 is 14.4 Å². The van der Waals surface area contributed by atoms with E-state index < -0.39 is 0 Å². The number of nitrogens with zero attached hydrogens (tertiary/aromatic N) is 2. The van der Waals surface area contributed by atoms with Gasteiger partial charge >= 0.3 is 5.97 Å². The van der Waals surface area contributed by atoms with Crippen LogP contribution in [-0.4, -0.2) is 57.9 Å². The molecule has 6 nitrogen and oxygen atoms in total. The van der Waals surface area contributed by atoms with Gasteiger partial charge in [-0.1, -0.05) is 13.0 Å². The van der Waals surface area contributed by atoms with Gasteiger partial charge in [-0.3, -0.25) is 0 Å². The van der Waals surface area contributed by atoms with Crippen molar-refractivity contribution in [2.45, 2.75) is 57.3 Å². The number of carbonyl (C=O) groups excluding carboxylic acids is 1. The summed E-state index contributed by atoms with van der Waals surface area (Å²) in [5.74, 6) is 1.76. The highest BCUT2D eigenvalue weighted by Crippen LogP contribution is 2.59. The molecule has 1 spiro atoms. The standard InChI is InChI=1S/C28H36N2O4/c1-17-13-19(7-9-22(17)29(3)4)27(31)33-21-14-18(2)28-11-12-30(5)16-20-8-10-23(32-6)26(25(20)28)34-24(28)15-21/h7-10,13,18,21,24H,11-12,14-16H2,1-6H3/t18?,21-,24?,28+/m0/s1. The van der Waals surface area contributed by atoms with Crippen LogP contribution in [0.25, 0.3) is 0 Å². The van der Waals surface area contributed by atoms with E-state index in [0.717, 1.165) is 48.7 Å². The molecule has 0 aromatic heterocycles. The Labute approximate surface area is 202 Å².